The second-order valence-electron chi connectivity index (χ2n) is 11.2. The molecular formula is C37H34N8O4. The van der Waals surface area contributed by atoms with Crippen molar-refractivity contribution in [3.63, 3.8) is 0 Å². The lowest BCUT2D eigenvalue weighted by Crippen LogP contribution is -2.28. The van der Waals surface area contributed by atoms with E-state index in [2.05, 4.69) is 30.6 Å². The number of anilines is 2. The van der Waals surface area contributed by atoms with Gasteiger partial charge in [0, 0.05) is 25.2 Å². The van der Waals surface area contributed by atoms with Gasteiger partial charge in [-0.1, -0.05) is 91.0 Å². The Kier molecular flexibility index (Phi) is 9.85. The molecule has 7 rings (SSSR count). The molecule has 0 aliphatic carbocycles. The summed E-state index contributed by atoms with van der Waals surface area (Å²) in [6.45, 7) is 5.14. The Hall–Kier alpha value is -6.56. The number of aryl methyl sites for hydroxylation is 2. The van der Waals surface area contributed by atoms with E-state index in [0.29, 0.717) is 45.9 Å². The Morgan fingerprint density at radius 2 is 1.06 bits per heavy atom. The van der Waals surface area contributed by atoms with Gasteiger partial charge in [0.05, 0.1) is 33.5 Å². The Labute approximate surface area is 281 Å². The summed E-state index contributed by atoms with van der Waals surface area (Å²) in [6, 6.07) is 32.4. The molecule has 0 aliphatic rings. The highest BCUT2D eigenvalue weighted by Gasteiger charge is 2.15. The average Bonchev–Trinajstić information content (AvgIpc) is 3.13. The van der Waals surface area contributed by atoms with Crippen molar-refractivity contribution >= 4 is 33.4 Å². The van der Waals surface area contributed by atoms with Crippen LogP contribution in [0.25, 0.3) is 22.1 Å². The van der Waals surface area contributed by atoms with Crippen molar-refractivity contribution in [3.8, 4) is 0 Å². The van der Waals surface area contributed by atoms with E-state index in [0.717, 1.165) is 27.8 Å². The minimum atomic E-state index is -0.531. The van der Waals surface area contributed by atoms with Crippen LogP contribution in [-0.2, 0) is 19.7 Å². The summed E-state index contributed by atoms with van der Waals surface area (Å²) in [6.07, 6.45) is 2.77. The van der Waals surface area contributed by atoms with E-state index in [4.69, 9.17) is 4.84 Å². The van der Waals surface area contributed by atoms with Gasteiger partial charge in [0.25, 0.3) is 11.1 Å². The first-order valence-corrected chi connectivity index (χ1v) is 15.6. The predicted octanol–water partition coefficient (Wildman–Crippen LogP) is 5.29. The molecule has 0 radical (unpaired) electrons. The summed E-state index contributed by atoms with van der Waals surface area (Å²) in [4.78, 5) is 47.0. The van der Waals surface area contributed by atoms with Crippen LogP contribution in [0.15, 0.2) is 125 Å². The fourth-order valence-corrected chi connectivity index (χ4v) is 5.29. The van der Waals surface area contributed by atoms with Gasteiger partial charge in [-0.15, -0.1) is 9.46 Å². The molecule has 246 valence electrons. The van der Waals surface area contributed by atoms with Crippen molar-refractivity contribution in [1.82, 2.24) is 29.4 Å². The minimum Gasteiger partial charge on any atom is -0.423 e. The highest BCUT2D eigenvalue weighted by atomic mass is 16.7. The molecule has 0 bridgehead atoms. The third-order valence-electron chi connectivity index (χ3n) is 7.76. The van der Waals surface area contributed by atoms with Crippen LogP contribution in [0.2, 0.25) is 0 Å². The fourth-order valence-electron chi connectivity index (χ4n) is 5.29. The topological polar surface area (TPSA) is 149 Å². The van der Waals surface area contributed by atoms with Crippen LogP contribution in [-0.4, -0.2) is 34.6 Å². The number of nitrogens with one attached hydrogen (secondary N) is 2. The minimum absolute atomic E-state index is 0.200. The Morgan fingerprint density at radius 3 is 1.59 bits per heavy atom. The van der Waals surface area contributed by atoms with E-state index in [1.54, 1.807) is 0 Å². The molecule has 0 saturated carbocycles. The van der Waals surface area contributed by atoms with Gasteiger partial charge in [-0.3, -0.25) is 9.59 Å². The first-order chi connectivity index (χ1) is 23.9. The zero-order valence-corrected chi connectivity index (χ0v) is 26.9. The lowest BCUT2D eigenvalue weighted by atomic mass is 10.2. The van der Waals surface area contributed by atoms with Crippen molar-refractivity contribution < 1.29 is 10.0 Å². The van der Waals surface area contributed by atoms with E-state index in [1.165, 1.54) is 29.5 Å². The Bertz CT molecular complexity index is 2310. The molecule has 0 atom stereocenters. The number of hydrogen-bond donors (Lipinski definition) is 3. The lowest BCUT2D eigenvalue weighted by molar-refractivity contribution is 0.0979. The summed E-state index contributed by atoms with van der Waals surface area (Å²) >= 11 is 0. The lowest BCUT2D eigenvalue weighted by Gasteiger charge is -2.15. The average molecular weight is 655 g/mol. The quantitative estimate of drug-likeness (QED) is 0.175. The number of fused-ring (bicyclic) bond motifs is 2. The summed E-state index contributed by atoms with van der Waals surface area (Å²) in [5.41, 5.74) is 5.80. The molecule has 49 heavy (non-hydrogen) atoms. The Morgan fingerprint density at radius 1 is 0.612 bits per heavy atom. The molecule has 0 saturated heterocycles. The number of pyridine rings is 2. The largest absolute Gasteiger partial charge is 0.423 e. The molecule has 0 unspecified atom stereocenters. The number of nitrogens with zero attached hydrogens (tertiary/aromatic N) is 6. The summed E-state index contributed by atoms with van der Waals surface area (Å²) in [5, 5.41) is 17.7. The first kappa shape index (κ1) is 32.4. The molecule has 3 aromatic carbocycles. The van der Waals surface area contributed by atoms with Crippen LogP contribution >= 0.6 is 0 Å². The Balaban J connectivity index is 0.000000177. The van der Waals surface area contributed by atoms with Crippen LogP contribution in [0.1, 0.15) is 28.1 Å². The molecule has 12 nitrogen and oxygen atoms in total. The third kappa shape index (κ3) is 7.54. The molecule has 4 aromatic heterocycles. The smallest absolute Gasteiger partial charge is 0.287 e. The van der Waals surface area contributed by atoms with E-state index >= 15 is 0 Å². The highest BCUT2D eigenvalue weighted by molar-refractivity contribution is 5.91. The second-order valence-corrected chi connectivity index (χ2v) is 11.2. The van der Waals surface area contributed by atoms with Gasteiger partial charge >= 0.3 is 0 Å². The van der Waals surface area contributed by atoms with E-state index in [9.17, 15) is 14.8 Å². The summed E-state index contributed by atoms with van der Waals surface area (Å²) in [5.74, 6) is 0. The van der Waals surface area contributed by atoms with Crippen LogP contribution in [0.5, 0.6) is 0 Å². The molecule has 0 fully saturated rings. The standard InChI is InChI=1S/C22H20N4O2.C15H14N4O2/c1-16-21-19(23-13-17-8-4-2-5-9-17)12-20(27)26(22(21)25-15-24-16)28-14-18-10-6-3-7-11-18;1-10-14-12(16-8-11-5-3-2-4-6-11)7-13(20)19(21)15(14)18-9-17-10/h2-12,15,23H,13-14H2,1H3;2-7,9,16,21H,8H2,1H3. The van der Waals surface area contributed by atoms with Crippen molar-refractivity contribution in [3.05, 3.63) is 165 Å². The monoisotopic (exact) mass is 654 g/mol. The van der Waals surface area contributed by atoms with Crippen molar-refractivity contribution in [2.45, 2.75) is 33.5 Å². The maximum absolute atomic E-state index is 12.7. The summed E-state index contributed by atoms with van der Waals surface area (Å²) < 4.78 is 1.78. The number of rotatable bonds is 9. The molecule has 0 amide bonds. The molecule has 0 aliphatic heterocycles. The van der Waals surface area contributed by atoms with E-state index in [1.807, 2.05) is 105 Å². The highest BCUT2D eigenvalue weighted by Crippen LogP contribution is 2.24. The first-order valence-electron chi connectivity index (χ1n) is 15.6. The van der Waals surface area contributed by atoms with Crippen LogP contribution < -0.4 is 26.6 Å². The molecular weight excluding hydrogens is 620 g/mol. The molecule has 3 N–H and O–H groups in total. The molecule has 0 spiro atoms. The van der Waals surface area contributed by atoms with Gasteiger partial charge in [0.2, 0.25) is 0 Å². The van der Waals surface area contributed by atoms with Crippen LogP contribution in [0.3, 0.4) is 0 Å². The van der Waals surface area contributed by atoms with Gasteiger partial charge < -0.3 is 20.7 Å². The number of aromatic nitrogens is 6. The molecule has 7 aromatic rings. The van der Waals surface area contributed by atoms with Gasteiger partial charge in [-0.25, -0.2) is 19.9 Å². The molecule has 4 heterocycles. The second kappa shape index (κ2) is 14.9. The normalized spacial score (nSPS) is 10.7. The zero-order chi connectivity index (χ0) is 34.2. The maximum Gasteiger partial charge on any atom is 0.287 e. The van der Waals surface area contributed by atoms with Crippen molar-refractivity contribution in [1.29, 1.82) is 0 Å². The fraction of sp³-hybridized carbons (Fsp3) is 0.135. The van der Waals surface area contributed by atoms with Gasteiger partial charge in [-0.05, 0) is 30.5 Å². The SMILES string of the molecule is Cc1ncnc2c1c(NCc1ccccc1)cc(=O)n2O.Cc1ncnc2c1c(NCc1ccccc1)cc(=O)n2OCc1ccccc1. The van der Waals surface area contributed by atoms with E-state index in [-0.39, 0.29) is 17.8 Å². The van der Waals surface area contributed by atoms with Crippen LogP contribution in [0.4, 0.5) is 11.4 Å². The van der Waals surface area contributed by atoms with Crippen molar-refractivity contribution in [2.75, 3.05) is 10.6 Å². The predicted molar refractivity (Wildman–Crippen MR) is 189 cm³/mol. The third-order valence-corrected chi connectivity index (χ3v) is 7.76. The molecule has 12 heteroatoms. The van der Waals surface area contributed by atoms with Crippen molar-refractivity contribution in [2.24, 2.45) is 0 Å². The zero-order valence-electron chi connectivity index (χ0n) is 26.9. The van der Waals surface area contributed by atoms with Gasteiger partial charge in [-0.2, -0.15) is 0 Å². The number of hydrogen-bond acceptors (Lipinski definition) is 10. The van der Waals surface area contributed by atoms with Gasteiger partial charge in [0.1, 0.15) is 19.3 Å². The van der Waals surface area contributed by atoms with Crippen LogP contribution in [0, 0.1) is 13.8 Å². The van der Waals surface area contributed by atoms with Gasteiger partial charge in [0.15, 0.2) is 11.3 Å². The maximum atomic E-state index is 12.7. The summed E-state index contributed by atoms with van der Waals surface area (Å²) in [7, 11) is 0. The van der Waals surface area contributed by atoms with E-state index < -0.39 is 5.56 Å². The number of benzene rings is 3.